The van der Waals surface area contributed by atoms with Crippen molar-refractivity contribution in [3.63, 3.8) is 0 Å². The summed E-state index contributed by atoms with van der Waals surface area (Å²) >= 11 is 3.43. The zero-order chi connectivity index (χ0) is 28.6. The molecule has 2 N–H and O–H groups in total. The highest BCUT2D eigenvalue weighted by Crippen LogP contribution is 2.33. The lowest BCUT2D eigenvalue weighted by Gasteiger charge is -2.24. The number of para-hydroxylation sites is 2. The third-order valence-electron chi connectivity index (χ3n) is 7.20. The molecule has 210 valence electrons. The van der Waals surface area contributed by atoms with Crippen LogP contribution in [0.15, 0.2) is 102 Å². The molecule has 1 fully saturated rings. The second kappa shape index (κ2) is 13.5. The van der Waals surface area contributed by atoms with Gasteiger partial charge in [-0.25, -0.2) is 4.79 Å². The van der Waals surface area contributed by atoms with E-state index in [1.807, 2.05) is 84.9 Å². The largest absolute Gasteiger partial charge is 0.490 e. The number of benzene rings is 4. The number of rotatable bonds is 10. The molecule has 1 aliphatic rings. The first-order valence-corrected chi connectivity index (χ1v) is 14.7. The van der Waals surface area contributed by atoms with E-state index >= 15 is 0 Å². The van der Waals surface area contributed by atoms with E-state index < -0.39 is 17.9 Å². The van der Waals surface area contributed by atoms with Crippen LogP contribution in [0.5, 0.6) is 17.2 Å². The Bertz CT molecular complexity index is 1480. The van der Waals surface area contributed by atoms with E-state index in [2.05, 4.69) is 21.2 Å². The molecule has 5 rings (SSSR count). The van der Waals surface area contributed by atoms with Crippen LogP contribution in [-0.2, 0) is 11.2 Å². The molecule has 0 heterocycles. The first kappa shape index (κ1) is 28.4. The Balaban J connectivity index is 1.29. The van der Waals surface area contributed by atoms with Crippen LogP contribution >= 0.6 is 15.9 Å². The molecular weight excluding hydrogens is 582 g/mol. The van der Waals surface area contributed by atoms with Crippen molar-refractivity contribution in [3.8, 4) is 28.4 Å². The maximum absolute atomic E-state index is 13.3. The van der Waals surface area contributed by atoms with Crippen LogP contribution in [0.3, 0.4) is 0 Å². The molecule has 0 unspecified atom stereocenters. The highest BCUT2D eigenvalue weighted by Gasteiger charge is 2.25. The van der Waals surface area contributed by atoms with Crippen molar-refractivity contribution in [2.24, 2.45) is 0 Å². The quantitative estimate of drug-likeness (QED) is 0.189. The molecule has 0 aliphatic heterocycles. The predicted octanol–water partition coefficient (Wildman–Crippen LogP) is 8.05. The van der Waals surface area contributed by atoms with Crippen molar-refractivity contribution in [3.05, 3.63) is 113 Å². The molecule has 4 aromatic rings. The van der Waals surface area contributed by atoms with Gasteiger partial charge in [0.25, 0.3) is 5.91 Å². The number of carbonyl (C=O) groups excluding carboxylic acids is 1. The number of ether oxygens (including phenoxy) is 2. The fraction of sp³-hybridized carbons (Fsp3) is 0.235. The van der Waals surface area contributed by atoms with Crippen LogP contribution in [0.1, 0.15) is 48.0 Å². The average Bonchev–Trinajstić information content (AvgIpc) is 2.99. The van der Waals surface area contributed by atoms with E-state index in [0.29, 0.717) is 11.3 Å². The summed E-state index contributed by atoms with van der Waals surface area (Å²) in [6.45, 7) is 0. The van der Waals surface area contributed by atoms with Gasteiger partial charge in [-0.2, -0.15) is 0 Å². The van der Waals surface area contributed by atoms with Gasteiger partial charge in [0.1, 0.15) is 23.3 Å². The van der Waals surface area contributed by atoms with Crippen LogP contribution < -0.4 is 14.8 Å². The molecule has 6 nitrogen and oxygen atoms in total. The molecule has 0 bridgehead atoms. The Kier molecular flexibility index (Phi) is 9.36. The maximum atomic E-state index is 13.3. The van der Waals surface area contributed by atoms with Gasteiger partial charge in [-0.1, -0.05) is 83.0 Å². The molecule has 7 heteroatoms. The monoisotopic (exact) mass is 613 g/mol. The van der Waals surface area contributed by atoms with E-state index in [9.17, 15) is 14.7 Å². The molecule has 0 saturated heterocycles. The lowest BCUT2D eigenvalue weighted by Crippen LogP contribution is -2.42. The number of nitrogens with one attached hydrogen (secondary N) is 1. The van der Waals surface area contributed by atoms with E-state index in [0.717, 1.165) is 58.3 Å². The number of carboxylic acids is 1. The minimum atomic E-state index is -1.11. The minimum absolute atomic E-state index is 0.0634. The standard InChI is InChI=1S/C34H32BrNO5/c35-25-19-20-32(41-27-11-5-2-6-12-27)29(22-25)33(37)36-30(34(38)39)21-23-15-17-24(18-16-23)28-13-7-8-14-31(28)40-26-9-3-1-4-10-26/h1,3-4,7-10,13-20,22,27,30H,2,5-6,11-12,21H2,(H,36,37)(H,38,39)/t30-/m0/s1. The van der Waals surface area contributed by atoms with Crippen molar-refractivity contribution in [2.75, 3.05) is 0 Å². The molecule has 0 radical (unpaired) electrons. The number of hydrogen-bond donors (Lipinski definition) is 2. The number of hydrogen-bond acceptors (Lipinski definition) is 4. The number of aliphatic carboxylic acids is 1. The highest BCUT2D eigenvalue weighted by molar-refractivity contribution is 9.10. The summed E-state index contributed by atoms with van der Waals surface area (Å²) in [4.78, 5) is 25.5. The number of carboxylic acid groups (broad SMARTS) is 1. The highest BCUT2D eigenvalue weighted by atomic mass is 79.9. The van der Waals surface area contributed by atoms with Crippen molar-refractivity contribution < 1.29 is 24.2 Å². The van der Waals surface area contributed by atoms with E-state index in [4.69, 9.17) is 9.47 Å². The summed E-state index contributed by atoms with van der Waals surface area (Å²) in [6.07, 6.45) is 5.51. The van der Waals surface area contributed by atoms with Crippen LogP contribution in [0.4, 0.5) is 0 Å². The van der Waals surface area contributed by atoms with Crippen LogP contribution in [-0.4, -0.2) is 29.1 Å². The number of halogens is 1. The molecule has 1 saturated carbocycles. The lowest BCUT2D eigenvalue weighted by atomic mass is 9.97. The SMILES string of the molecule is O=C(N[C@@H](Cc1ccc(-c2ccccc2Oc2ccccc2)cc1)C(=O)O)c1cc(Br)ccc1OC1CCCCC1. The average molecular weight is 615 g/mol. The second-order valence-electron chi connectivity index (χ2n) is 10.2. The summed E-state index contributed by atoms with van der Waals surface area (Å²) in [7, 11) is 0. The molecule has 4 aromatic carbocycles. The van der Waals surface area contributed by atoms with Crippen molar-refractivity contribution in [1.29, 1.82) is 0 Å². The Morgan fingerprint density at radius 2 is 1.56 bits per heavy atom. The molecule has 1 atom stereocenters. The van der Waals surface area contributed by atoms with Gasteiger partial charge in [0, 0.05) is 16.5 Å². The number of amides is 1. The van der Waals surface area contributed by atoms with Gasteiger partial charge in [0.15, 0.2) is 0 Å². The fourth-order valence-electron chi connectivity index (χ4n) is 5.05. The van der Waals surface area contributed by atoms with Gasteiger partial charge in [-0.05, 0) is 73.2 Å². The summed E-state index contributed by atoms with van der Waals surface area (Å²) in [6, 6.07) is 29.2. The molecule has 41 heavy (non-hydrogen) atoms. The minimum Gasteiger partial charge on any atom is -0.490 e. The van der Waals surface area contributed by atoms with Gasteiger partial charge in [0.05, 0.1) is 11.7 Å². The predicted molar refractivity (Wildman–Crippen MR) is 163 cm³/mol. The van der Waals surface area contributed by atoms with Gasteiger partial charge in [-0.3, -0.25) is 4.79 Å². The zero-order valence-electron chi connectivity index (χ0n) is 22.6. The van der Waals surface area contributed by atoms with E-state index in [-0.39, 0.29) is 12.5 Å². The second-order valence-corrected chi connectivity index (χ2v) is 11.1. The first-order chi connectivity index (χ1) is 20.0. The fourth-order valence-corrected chi connectivity index (χ4v) is 5.41. The Morgan fingerprint density at radius 1 is 0.854 bits per heavy atom. The summed E-state index contributed by atoms with van der Waals surface area (Å²) in [5.74, 6) is 0.362. The normalized spacial score (nSPS) is 14.2. The smallest absolute Gasteiger partial charge is 0.326 e. The van der Waals surface area contributed by atoms with E-state index in [1.165, 1.54) is 6.42 Å². The molecule has 0 spiro atoms. The van der Waals surface area contributed by atoms with E-state index in [1.54, 1.807) is 12.1 Å². The van der Waals surface area contributed by atoms with Crippen LogP contribution in [0.2, 0.25) is 0 Å². The summed E-state index contributed by atoms with van der Waals surface area (Å²) < 4.78 is 13.0. The third kappa shape index (κ3) is 7.55. The molecule has 1 amide bonds. The first-order valence-electron chi connectivity index (χ1n) is 13.9. The van der Waals surface area contributed by atoms with Crippen molar-refractivity contribution in [2.45, 2.75) is 50.7 Å². The van der Waals surface area contributed by atoms with Gasteiger partial charge < -0.3 is 19.9 Å². The van der Waals surface area contributed by atoms with Crippen molar-refractivity contribution >= 4 is 27.8 Å². The van der Waals surface area contributed by atoms with Crippen LogP contribution in [0.25, 0.3) is 11.1 Å². The van der Waals surface area contributed by atoms with Crippen LogP contribution in [0, 0.1) is 0 Å². The third-order valence-corrected chi connectivity index (χ3v) is 7.69. The molecule has 0 aromatic heterocycles. The Labute approximate surface area is 248 Å². The molecule has 1 aliphatic carbocycles. The lowest BCUT2D eigenvalue weighted by molar-refractivity contribution is -0.139. The zero-order valence-corrected chi connectivity index (χ0v) is 24.2. The topological polar surface area (TPSA) is 84.9 Å². The Hall–Kier alpha value is -4.10. The summed E-state index contributed by atoms with van der Waals surface area (Å²) in [5, 5.41) is 12.7. The number of carbonyl (C=O) groups is 2. The van der Waals surface area contributed by atoms with Gasteiger partial charge >= 0.3 is 5.97 Å². The van der Waals surface area contributed by atoms with Gasteiger partial charge in [0.2, 0.25) is 0 Å². The summed E-state index contributed by atoms with van der Waals surface area (Å²) in [5.41, 5.74) is 2.97. The maximum Gasteiger partial charge on any atom is 0.326 e. The molecular formula is C34H32BrNO5. The van der Waals surface area contributed by atoms with Gasteiger partial charge in [-0.15, -0.1) is 0 Å². The Morgan fingerprint density at radius 3 is 2.29 bits per heavy atom. The van der Waals surface area contributed by atoms with Crippen molar-refractivity contribution in [1.82, 2.24) is 5.32 Å².